The first-order chi connectivity index (χ1) is 10.8. The van der Waals surface area contributed by atoms with Crippen molar-refractivity contribution >= 4 is 5.91 Å². The number of hydrogen-bond acceptors (Lipinski definition) is 3. The van der Waals surface area contributed by atoms with Crippen LogP contribution in [0.4, 0.5) is 0 Å². The van der Waals surface area contributed by atoms with Crippen LogP contribution in [0.5, 0.6) is 5.75 Å². The Kier molecular flexibility index (Phi) is 5.33. The van der Waals surface area contributed by atoms with E-state index in [0.717, 1.165) is 49.4 Å². The van der Waals surface area contributed by atoms with Crippen LogP contribution in [0, 0.1) is 0 Å². The molecule has 0 aliphatic carbocycles. The summed E-state index contributed by atoms with van der Waals surface area (Å²) in [5.41, 5.74) is 1.90. The lowest BCUT2D eigenvalue weighted by molar-refractivity contribution is 0.0951. The van der Waals surface area contributed by atoms with E-state index in [1.807, 2.05) is 18.2 Å². The molecule has 0 aromatic heterocycles. The number of likely N-dealkylation sites (tertiary alicyclic amines) is 1. The third kappa shape index (κ3) is 4.01. The highest BCUT2D eigenvalue weighted by Gasteiger charge is 2.15. The molecule has 1 saturated heterocycles. The average molecular weight is 302 g/mol. The van der Waals surface area contributed by atoms with Gasteiger partial charge in [0.05, 0.1) is 6.61 Å². The number of rotatable bonds is 5. The lowest BCUT2D eigenvalue weighted by Gasteiger charge is -2.19. The van der Waals surface area contributed by atoms with Gasteiger partial charge in [-0.25, -0.2) is 0 Å². The number of ether oxygens (including phenoxy) is 1. The molecular formula is C18H26N2O2. The standard InChI is InChI=1S/C18H26N2O2/c21-18(16-6-7-17-15(14-16)8-13-22-17)19-9-5-12-20-10-3-1-2-4-11-20/h6-7,14H,1-5,8-13H2,(H,19,21). The fourth-order valence-corrected chi connectivity index (χ4v) is 3.29. The summed E-state index contributed by atoms with van der Waals surface area (Å²) < 4.78 is 5.47. The van der Waals surface area contributed by atoms with Crippen molar-refractivity contribution in [3.05, 3.63) is 29.3 Å². The van der Waals surface area contributed by atoms with Gasteiger partial charge in [0.2, 0.25) is 0 Å². The molecule has 3 rings (SSSR count). The van der Waals surface area contributed by atoms with E-state index in [9.17, 15) is 4.79 Å². The second kappa shape index (κ2) is 7.63. The van der Waals surface area contributed by atoms with Crippen molar-refractivity contribution < 1.29 is 9.53 Å². The zero-order chi connectivity index (χ0) is 15.2. The Hall–Kier alpha value is -1.55. The Bertz CT molecular complexity index is 508. The van der Waals surface area contributed by atoms with Gasteiger partial charge in [0, 0.05) is 18.5 Å². The molecule has 1 N–H and O–H groups in total. The number of benzene rings is 1. The lowest BCUT2D eigenvalue weighted by atomic mass is 10.1. The fraction of sp³-hybridized carbons (Fsp3) is 0.611. The maximum atomic E-state index is 12.2. The molecule has 2 aliphatic heterocycles. The molecule has 4 nitrogen and oxygen atoms in total. The molecule has 0 atom stereocenters. The fourth-order valence-electron chi connectivity index (χ4n) is 3.29. The van der Waals surface area contributed by atoms with E-state index < -0.39 is 0 Å². The number of nitrogens with zero attached hydrogens (tertiary/aromatic N) is 1. The van der Waals surface area contributed by atoms with Gasteiger partial charge in [-0.15, -0.1) is 0 Å². The van der Waals surface area contributed by atoms with Crippen LogP contribution in [-0.4, -0.2) is 43.6 Å². The predicted molar refractivity (Wildman–Crippen MR) is 87.5 cm³/mol. The topological polar surface area (TPSA) is 41.6 Å². The molecular weight excluding hydrogens is 276 g/mol. The van der Waals surface area contributed by atoms with Crippen molar-refractivity contribution in [3.63, 3.8) is 0 Å². The van der Waals surface area contributed by atoms with Crippen LogP contribution in [-0.2, 0) is 6.42 Å². The first-order valence-corrected chi connectivity index (χ1v) is 8.59. The summed E-state index contributed by atoms with van der Waals surface area (Å²) in [6, 6.07) is 5.73. The molecule has 22 heavy (non-hydrogen) atoms. The normalized spacial score (nSPS) is 18.4. The average Bonchev–Trinajstić information content (AvgIpc) is 2.85. The minimum Gasteiger partial charge on any atom is -0.493 e. The zero-order valence-corrected chi connectivity index (χ0v) is 13.3. The van der Waals surface area contributed by atoms with E-state index in [1.165, 1.54) is 38.8 Å². The summed E-state index contributed by atoms with van der Waals surface area (Å²) in [5, 5.41) is 3.04. The van der Waals surface area contributed by atoms with Crippen molar-refractivity contribution in [3.8, 4) is 5.75 Å². The van der Waals surface area contributed by atoms with Gasteiger partial charge in [-0.2, -0.15) is 0 Å². The number of nitrogens with one attached hydrogen (secondary N) is 1. The molecule has 0 unspecified atom stereocenters. The molecule has 0 spiro atoms. The zero-order valence-electron chi connectivity index (χ0n) is 13.3. The Balaban J connectivity index is 1.40. The quantitative estimate of drug-likeness (QED) is 0.850. The van der Waals surface area contributed by atoms with E-state index in [-0.39, 0.29) is 5.91 Å². The van der Waals surface area contributed by atoms with Gasteiger partial charge in [-0.1, -0.05) is 12.8 Å². The molecule has 1 aromatic rings. The molecule has 120 valence electrons. The SMILES string of the molecule is O=C(NCCCN1CCCCCC1)c1ccc2c(c1)CCO2. The molecule has 1 fully saturated rings. The van der Waals surface area contributed by atoms with Crippen molar-refractivity contribution in [2.75, 3.05) is 32.8 Å². The van der Waals surface area contributed by atoms with Gasteiger partial charge in [0.25, 0.3) is 5.91 Å². The van der Waals surface area contributed by atoms with Crippen molar-refractivity contribution in [2.24, 2.45) is 0 Å². The van der Waals surface area contributed by atoms with Crippen LogP contribution >= 0.6 is 0 Å². The highest BCUT2D eigenvalue weighted by Crippen LogP contribution is 2.25. The Morgan fingerprint density at radius 2 is 2.00 bits per heavy atom. The second-order valence-electron chi connectivity index (χ2n) is 6.29. The molecule has 0 bridgehead atoms. The van der Waals surface area contributed by atoms with Crippen LogP contribution in [0.2, 0.25) is 0 Å². The van der Waals surface area contributed by atoms with Crippen LogP contribution < -0.4 is 10.1 Å². The van der Waals surface area contributed by atoms with E-state index in [1.54, 1.807) is 0 Å². The minimum absolute atomic E-state index is 0.0329. The number of carbonyl (C=O) groups excluding carboxylic acids is 1. The molecule has 4 heteroatoms. The van der Waals surface area contributed by atoms with E-state index in [0.29, 0.717) is 0 Å². The number of carbonyl (C=O) groups is 1. The van der Waals surface area contributed by atoms with Crippen molar-refractivity contribution in [1.29, 1.82) is 0 Å². The van der Waals surface area contributed by atoms with Gasteiger partial charge in [-0.05, 0) is 62.7 Å². The van der Waals surface area contributed by atoms with E-state index >= 15 is 0 Å². The van der Waals surface area contributed by atoms with Crippen LogP contribution in [0.1, 0.15) is 48.0 Å². The molecule has 0 saturated carbocycles. The Morgan fingerprint density at radius 3 is 2.82 bits per heavy atom. The van der Waals surface area contributed by atoms with Gasteiger partial charge in [0.15, 0.2) is 0 Å². The summed E-state index contributed by atoms with van der Waals surface area (Å²) in [6.45, 7) is 5.02. The highest BCUT2D eigenvalue weighted by atomic mass is 16.5. The van der Waals surface area contributed by atoms with Gasteiger partial charge >= 0.3 is 0 Å². The maximum Gasteiger partial charge on any atom is 0.251 e. The van der Waals surface area contributed by atoms with Crippen molar-refractivity contribution in [2.45, 2.75) is 38.5 Å². The second-order valence-corrected chi connectivity index (χ2v) is 6.29. The lowest BCUT2D eigenvalue weighted by Crippen LogP contribution is -2.30. The first kappa shape index (κ1) is 15.3. The van der Waals surface area contributed by atoms with Gasteiger partial charge < -0.3 is 15.0 Å². The third-order valence-electron chi connectivity index (χ3n) is 4.59. The molecule has 1 aromatic carbocycles. The van der Waals surface area contributed by atoms with Gasteiger partial charge in [-0.3, -0.25) is 4.79 Å². The van der Waals surface area contributed by atoms with Crippen LogP contribution in [0.15, 0.2) is 18.2 Å². The smallest absolute Gasteiger partial charge is 0.251 e. The van der Waals surface area contributed by atoms with Gasteiger partial charge in [0.1, 0.15) is 5.75 Å². The Morgan fingerprint density at radius 1 is 1.18 bits per heavy atom. The third-order valence-corrected chi connectivity index (χ3v) is 4.59. The molecule has 0 radical (unpaired) electrons. The summed E-state index contributed by atoms with van der Waals surface area (Å²) in [6.07, 6.45) is 7.32. The van der Waals surface area contributed by atoms with Crippen molar-refractivity contribution in [1.82, 2.24) is 10.2 Å². The number of fused-ring (bicyclic) bond motifs is 1. The summed E-state index contributed by atoms with van der Waals surface area (Å²) in [7, 11) is 0. The molecule has 1 amide bonds. The minimum atomic E-state index is 0.0329. The largest absolute Gasteiger partial charge is 0.493 e. The van der Waals surface area contributed by atoms with E-state index in [2.05, 4.69) is 10.2 Å². The highest BCUT2D eigenvalue weighted by molar-refractivity contribution is 5.94. The first-order valence-electron chi connectivity index (χ1n) is 8.59. The number of amides is 1. The predicted octanol–water partition coefficient (Wildman–Crippen LogP) is 2.62. The maximum absolute atomic E-state index is 12.2. The summed E-state index contributed by atoms with van der Waals surface area (Å²) >= 11 is 0. The van der Waals surface area contributed by atoms with Crippen LogP contribution in [0.3, 0.4) is 0 Å². The molecule has 2 heterocycles. The summed E-state index contributed by atoms with van der Waals surface area (Å²) in [4.78, 5) is 14.7. The molecule has 2 aliphatic rings. The monoisotopic (exact) mass is 302 g/mol. The Labute approximate surface area is 132 Å². The number of hydrogen-bond donors (Lipinski definition) is 1. The van der Waals surface area contributed by atoms with Crippen LogP contribution in [0.25, 0.3) is 0 Å². The summed E-state index contributed by atoms with van der Waals surface area (Å²) in [5.74, 6) is 0.961. The van der Waals surface area contributed by atoms with E-state index in [4.69, 9.17) is 4.74 Å².